The second-order valence-electron chi connectivity index (χ2n) is 7.88. The summed E-state index contributed by atoms with van der Waals surface area (Å²) in [5.74, 6) is 0.327. The van der Waals surface area contributed by atoms with Crippen LogP contribution in [-0.4, -0.2) is 22.1 Å². The third kappa shape index (κ3) is 2.16. The fraction of sp³-hybridized carbons (Fsp3) is 0.455. The molecular weight excluding hydrogens is 294 g/mol. The molecule has 1 saturated heterocycles. The van der Waals surface area contributed by atoms with Gasteiger partial charge in [0.05, 0.1) is 5.54 Å². The molecule has 0 amide bonds. The number of hydrogen-bond acceptors (Lipinski definition) is 2. The molecule has 0 saturated carbocycles. The predicted octanol–water partition coefficient (Wildman–Crippen LogP) is 5.27. The molecular formula is C22H27NO. The quantitative estimate of drug-likeness (QED) is 0.801. The van der Waals surface area contributed by atoms with E-state index < -0.39 is 0 Å². The van der Waals surface area contributed by atoms with Crippen molar-refractivity contribution < 1.29 is 5.11 Å². The summed E-state index contributed by atoms with van der Waals surface area (Å²) in [5.41, 5.74) is 4.50. The number of allylic oxidation sites excluding steroid dienone is 3. The summed E-state index contributed by atoms with van der Waals surface area (Å²) in [6, 6.07) is 7.51. The van der Waals surface area contributed by atoms with Crippen molar-refractivity contribution in [1.82, 2.24) is 4.90 Å². The van der Waals surface area contributed by atoms with Gasteiger partial charge in [0, 0.05) is 17.7 Å². The predicted molar refractivity (Wildman–Crippen MR) is 99.6 cm³/mol. The minimum absolute atomic E-state index is 0.0858. The Balaban J connectivity index is 1.76. The zero-order chi connectivity index (χ0) is 16.8. The van der Waals surface area contributed by atoms with Crippen LogP contribution in [0.5, 0.6) is 5.75 Å². The van der Waals surface area contributed by atoms with Crippen LogP contribution >= 0.6 is 0 Å². The third-order valence-electron chi connectivity index (χ3n) is 6.34. The summed E-state index contributed by atoms with van der Waals surface area (Å²) in [4.78, 5) is 2.71. The van der Waals surface area contributed by atoms with E-state index in [2.05, 4.69) is 43.1 Å². The topological polar surface area (TPSA) is 23.5 Å². The number of nitrogens with zero attached hydrogens (tertiary/aromatic N) is 1. The lowest BCUT2D eigenvalue weighted by atomic mass is 9.65. The number of fused-ring (bicyclic) bond motifs is 2. The molecule has 3 aliphatic rings. The number of phenols is 1. The summed E-state index contributed by atoms with van der Waals surface area (Å²) < 4.78 is 0. The fourth-order valence-corrected chi connectivity index (χ4v) is 4.96. The molecule has 1 aromatic carbocycles. The number of phenolic OH excluding ortho intramolecular Hbond substituents is 1. The van der Waals surface area contributed by atoms with Crippen molar-refractivity contribution in [3.8, 4) is 5.75 Å². The maximum Gasteiger partial charge on any atom is 0.115 e. The minimum atomic E-state index is 0.0858. The van der Waals surface area contributed by atoms with Gasteiger partial charge in [0.15, 0.2) is 0 Å². The van der Waals surface area contributed by atoms with Crippen molar-refractivity contribution in [2.75, 3.05) is 6.54 Å². The second-order valence-corrected chi connectivity index (χ2v) is 7.88. The SMILES string of the molecule is CC1(C)C2=C(CCC=C2)N2CCCCC21C=Cc1ccc(O)cc1. The smallest absolute Gasteiger partial charge is 0.115 e. The average Bonchev–Trinajstić information content (AvgIpc) is 2.80. The van der Waals surface area contributed by atoms with Crippen molar-refractivity contribution >= 4 is 6.08 Å². The van der Waals surface area contributed by atoms with E-state index in [9.17, 15) is 5.11 Å². The van der Waals surface area contributed by atoms with E-state index in [1.54, 1.807) is 23.4 Å². The Hall–Kier alpha value is -1.96. The highest BCUT2D eigenvalue weighted by atomic mass is 16.3. The van der Waals surface area contributed by atoms with Crippen LogP contribution in [0, 0.1) is 5.41 Å². The number of piperidine rings is 1. The Labute approximate surface area is 145 Å². The third-order valence-corrected chi connectivity index (χ3v) is 6.34. The molecule has 0 bridgehead atoms. The van der Waals surface area contributed by atoms with Gasteiger partial charge in [-0.3, -0.25) is 0 Å². The molecule has 0 aromatic heterocycles. The Morgan fingerprint density at radius 2 is 1.92 bits per heavy atom. The van der Waals surface area contributed by atoms with Crippen LogP contribution in [0.4, 0.5) is 0 Å². The summed E-state index contributed by atoms with van der Waals surface area (Å²) in [6.45, 7) is 6.02. The zero-order valence-corrected chi connectivity index (χ0v) is 14.8. The van der Waals surface area contributed by atoms with Gasteiger partial charge in [0.2, 0.25) is 0 Å². The molecule has 2 heterocycles. The molecule has 24 heavy (non-hydrogen) atoms. The minimum Gasteiger partial charge on any atom is -0.508 e. The van der Waals surface area contributed by atoms with Gasteiger partial charge in [0.25, 0.3) is 0 Å². The standard InChI is InChI=1S/C22H27NO/c1-21(2)19-7-3-4-8-20(19)23-16-6-5-14-22(21,23)15-13-17-9-11-18(24)12-10-17/h3,7,9-13,15,24H,4-6,8,14,16H2,1-2H3. The number of benzene rings is 1. The summed E-state index contributed by atoms with van der Waals surface area (Å²) in [6.07, 6.45) is 15.6. The average molecular weight is 321 g/mol. The van der Waals surface area contributed by atoms with Gasteiger partial charge < -0.3 is 10.0 Å². The van der Waals surface area contributed by atoms with Gasteiger partial charge in [-0.1, -0.05) is 50.3 Å². The normalized spacial score (nSPS) is 28.3. The first-order valence-electron chi connectivity index (χ1n) is 9.21. The van der Waals surface area contributed by atoms with Crippen LogP contribution in [0.3, 0.4) is 0 Å². The first kappa shape index (κ1) is 15.6. The zero-order valence-electron chi connectivity index (χ0n) is 14.8. The molecule has 0 spiro atoms. The van der Waals surface area contributed by atoms with Gasteiger partial charge >= 0.3 is 0 Å². The van der Waals surface area contributed by atoms with Crippen molar-refractivity contribution in [2.24, 2.45) is 5.41 Å². The lowest BCUT2D eigenvalue weighted by Gasteiger charge is -2.50. The molecule has 0 radical (unpaired) electrons. The van der Waals surface area contributed by atoms with E-state index in [1.807, 2.05) is 12.1 Å². The highest BCUT2D eigenvalue weighted by Crippen LogP contribution is 2.58. The van der Waals surface area contributed by atoms with Crippen LogP contribution in [0.15, 0.2) is 53.8 Å². The molecule has 1 N–H and O–H groups in total. The lowest BCUT2D eigenvalue weighted by molar-refractivity contribution is 0.0683. The van der Waals surface area contributed by atoms with Crippen LogP contribution < -0.4 is 0 Å². The number of rotatable bonds is 2. The molecule has 1 fully saturated rings. The fourth-order valence-electron chi connectivity index (χ4n) is 4.96. The van der Waals surface area contributed by atoms with E-state index in [0.29, 0.717) is 5.75 Å². The van der Waals surface area contributed by atoms with Crippen molar-refractivity contribution in [1.29, 1.82) is 0 Å². The Kier molecular flexibility index (Phi) is 3.59. The molecule has 2 nitrogen and oxygen atoms in total. The number of hydrogen-bond donors (Lipinski definition) is 1. The highest BCUT2D eigenvalue weighted by molar-refractivity contribution is 5.56. The van der Waals surface area contributed by atoms with Crippen LogP contribution in [0.1, 0.15) is 51.5 Å². The van der Waals surface area contributed by atoms with Gasteiger partial charge in [0.1, 0.15) is 5.75 Å². The molecule has 1 unspecified atom stereocenters. The van der Waals surface area contributed by atoms with Gasteiger partial charge in [-0.2, -0.15) is 0 Å². The maximum absolute atomic E-state index is 9.50. The molecule has 2 heteroatoms. The Morgan fingerprint density at radius 3 is 2.71 bits per heavy atom. The monoisotopic (exact) mass is 321 g/mol. The van der Waals surface area contributed by atoms with Crippen molar-refractivity contribution in [3.63, 3.8) is 0 Å². The molecule has 126 valence electrons. The first-order chi connectivity index (χ1) is 11.5. The Morgan fingerprint density at radius 1 is 1.12 bits per heavy atom. The van der Waals surface area contributed by atoms with E-state index >= 15 is 0 Å². The lowest BCUT2D eigenvalue weighted by Crippen LogP contribution is -2.54. The Bertz CT molecular complexity index is 723. The van der Waals surface area contributed by atoms with Crippen LogP contribution in [-0.2, 0) is 0 Å². The van der Waals surface area contributed by atoms with Crippen molar-refractivity contribution in [3.05, 3.63) is 59.3 Å². The van der Waals surface area contributed by atoms with Gasteiger partial charge in [-0.25, -0.2) is 0 Å². The highest BCUT2D eigenvalue weighted by Gasteiger charge is 2.56. The van der Waals surface area contributed by atoms with Crippen molar-refractivity contribution in [2.45, 2.75) is 51.5 Å². The molecule has 2 aliphatic heterocycles. The van der Waals surface area contributed by atoms with E-state index in [-0.39, 0.29) is 11.0 Å². The summed E-state index contributed by atoms with van der Waals surface area (Å²) in [5, 5.41) is 9.50. The molecule has 4 rings (SSSR count). The second kappa shape index (κ2) is 5.54. The van der Waals surface area contributed by atoms with Gasteiger partial charge in [-0.05, 0) is 55.4 Å². The largest absolute Gasteiger partial charge is 0.508 e. The molecule has 1 aromatic rings. The summed E-state index contributed by atoms with van der Waals surface area (Å²) in [7, 11) is 0. The van der Waals surface area contributed by atoms with Crippen LogP contribution in [0.25, 0.3) is 6.08 Å². The maximum atomic E-state index is 9.50. The summed E-state index contributed by atoms with van der Waals surface area (Å²) >= 11 is 0. The molecule has 1 aliphatic carbocycles. The molecule has 1 atom stereocenters. The van der Waals surface area contributed by atoms with E-state index in [4.69, 9.17) is 0 Å². The number of aromatic hydroxyl groups is 1. The van der Waals surface area contributed by atoms with E-state index in [0.717, 1.165) is 5.56 Å². The van der Waals surface area contributed by atoms with E-state index in [1.165, 1.54) is 38.6 Å². The first-order valence-corrected chi connectivity index (χ1v) is 9.21. The van der Waals surface area contributed by atoms with Gasteiger partial charge in [-0.15, -0.1) is 0 Å². The van der Waals surface area contributed by atoms with Crippen LogP contribution in [0.2, 0.25) is 0 Å².